The van der Waals surface area contributed by atoms with Crippen molar-refractivity contribution in [1.29, 1.82) is 0 Å². The number of benzene rings is 1. The highest BCUT2D eigenvalue weighted by atomic mass is 16.5. The number of carbonyl (C=O) groups is 1. The molecule has 2 rings (SSSR count). The van der Waals surface area contributed by atoms with Crippen LogP contribution in [-0.4, -0.2) is 23.2 Å². The zero-order valence-electron chi connectivity index (χ0n) is 12.6. The summed E-state index contributed by atoms with van der Waals surface area (Å²) < 4.78 is 12.8. The topological polar surface area (TPSA) is 53.4 Å². The molecular formula is C16H20N2O3. The average molecular weight is 288 g/mol. The highest BCUT2D eigenvalue weighted by Crippen LogP contribution is 2.24. The predicted octanol–water partition coefficient (Wildman–Crippen LogP) is 3.25. The van der Waals surface area contributed by atoms with Crippen LogP contribution in [0.2, 0.25) is 0 Å². The monoisotopic (exact) mass is 288 g/mol. The number of nitrogens with zero attached hydrogens (tertiary/aromatic N) is 2. The van der Waals surface area contributed by atoms with Crippen LogP contribution in [-0.2, 0) is 6.61 Å². The van der Waals surface area contributed by atoms with E-state index in [1.54, 1.807) is 25.3 Å². The maximum atomic E-state index is 11.0. The Balaban J connectivity index is 2.08. The summed E-state index contributed by atoms with van der Waals surface area (Å²) in [5.41, 5.74) is 1.33. The van der Waals surface area contributed by atoms with E-state index in [4.69, 9.17) is 9.47 Å². The second-order valence-electron chi connectivity index (χ2n) is 4.85. The van der Waals surface area contributed by atoms with Gasteiger partial charge in [-0.25, -0.2) is 0 Å². The molecule has 0 N–H and O–H groups in total. The van der Waals surface area contributed by atoms with Crippen molar-refractivity contribution in [2.24, 2.45) is 0 Å². The van der Waals surface area contributed by atoms with Crippen LogP contribution in [0.3, 0.4) is 0 Å². The third kappa shape index (κ3) is 3.62. The van der Waals surface area contributed by atoms with Gasteiger partial charge in [0.1, 0.15) is 18.1 Å². The lowest BCUT2D eigenvalue weighted by Gasteiger charge is -2.10. The molecule has 2 aromatic rings. The molecule has 0 fully saturated rings. The minimum absolute atomic E-state index is 0.317. The van der Waals surface area contributed by atoms with E-state index in [-0.39, 0.29) is 0 Å². The quantitative estimate of drug-likeness (QED) is 0.734. The normalized spacial score (nSPS) is 12.0. The SMILES string of the molecule is CCC(C)n1ccc(COc2cc(OC)ccc2C=O)n1. The number of aldehydes is 1. The van der Waals surface area contributed by atoms with Crippen molar-refractivity contribution in [2.75, 3.05) is 7.11 Å². The van der Waals surface area contributed by atoms with Crippen molar-refractivity contribution in [2.45, 2.75) is 32.9 Å². The first kappa shape index (κ1) is 15.1. The van der Waals surface area contributed by atoms with Crippen LogP contribution in [0.15, 0.2) is 30.5 Å². The van der Waals surface area contributed by atoms with E-state index in [1.807, 2.05) is 16.9 Å². The second kappa shape index (κ2) is 6.92. The minimum atomic E-state index is 0.317. The van der Waals surface area contributed by atoms with E-state index in [0.717, 1.165) is 18.4 Å². The number of carbonyl (C=O) groups excluding carboxylic acids is 1. The molecule has 0 saturated carbocycles. The van der Waals surface area contributed by atoms with Gasteiger partial charge in [0.25, 0.3) is 0 Å². The molecule has 0 aliphatic heterocycles. The molecule has 1 atom stereocenters. The van der Waals surface area contributed by atoms with Crippen LogP contribution in [0.5, 0.6) is 11.5 Å². The van der Waals surface area contributed by atoms with Crippen molar-refractivity contribution in [3.8, 4) is 11.5 Å². The molecule has 0 bridgehead atoms. The van der Waals surface area contributed by atoms with Crippen LogP contribution in [0.25, 0.3) is 0 Å². The fourth-order valence-corrected chi connectivity index (χ4v) is 1.90. The minimum Gasteiger partial charge on any atom is -0.497 e. The summed E-state index contributed by atoms with van der Waals surface area (Å²) in [7, 11) is 1.58. The van der Waals surface area contributed by atoms with Crippen LogP contribution in [0.1, 0.15) is 42.4 Å². The second-order valence-corrected chi connectivity index (χ2v) is 4.85. The largest absolute Gasteiger partial charge is 0.497 e. The Morgan fingerprint density at radius 2 is 2.19 bits per heavy atom. The van der Waals surface area contributed by atoms with E-state index < -0.39 is 0 Å². The molecule has 1 aromatic heterocycles. The van der Waals surface area contributed by atoms with Gasteiger partial charge in [-0.05, 0) is 31.5 Å². The lowest BCUT2D eigenvalue weighted by atomic mass is 10.2. The molecule has 0 radical (unpaired) electrons. The maximum absolute atomic E-state index is 11.0. The third-order valence-electron chi connectivity index (χ3n) is 3.43. The first-order chi connectivity index (χ1) is 10.2. The van der Waals surface area contributed by atoms with E-state index >= 15 is 0 Å². The number of aromatic nitrogens is 2. The van der Waals surface area contributed by atoms with E-state index in [1.165, 1.54) is 0 Å². The van der Waals surface area contributed by atoms with Crippen molar-refractivity contribution in [3.63, 3.8) is 0 Å². The summed E-state index contributed by atoms with van der Waals surface area (Å²) in [4.78, 5) is 11.0. The summed E-state index contributed by atoms with van der Waals surface area (Å²) >= 11 is 0. The van der Waals surface area contributed by atoms with Crippen molar-refractivity contribution < 1.29 is 14.3 Å². The van der Waals surface area contributed by atoms with Gasteiger partial charge in [-0.3, -0.25) is 9.48 Å². The fraction of sp³-hybridized carbons (Fsp3) is 0.375. The van der Waals surface area contributed by atoms with Crippen molar-refractivity contribution in [1.82, 2.24) is 9.78 Å². The Morgan fingerprint density at radius 3 is 2.86 bits per heavy atom. The lowest BCUT2D eigenvalue weighted by molar-refractivity contribution is 0.111. The van der Waals surface area contributed by atoms with Gasteiger partial charge in [0, 0.05) is 18.3 Å². The summed E-state index contributed by atoms with van der Waals surface area (Å²) in [6.45, 7) is 4.55. The summed E-state index contributed by atoms with van der Waals surface area (Å²) in [5, 5.41) is 4.47. The molecule has 0 aliphatic carbocycles. The van der Waals surface area contributed by atoms with Gasteiger partial charge in [-0.1, -0.05) is 6.92 Å². The third-order valence-corrected chi connectivity index (χ3v) is 3.43. The maximum Gasteiger partial charge on any atom is 0.153 e. The Morgan fingerprint density at radius 1 is 1.38 bits per heavy atom. The molecule has 1 aromatic carbocycles. The number of rotatable bonds is 7. The van der Waals surface area contributed by atoms with Crippen molar-refractivity contribution in [3.05, 3.63) is 41.7 Å². The Labute approximate surface area is 124 Å². The summed E-state index contributed by atoms with van der Waals surface area (Å²) in [5.74, 6) is 1.16. The van der Waals surface area contributed by atoms with Gasteiger partial charge >= 0.3 is 0 Å². The molecule has 5 heteroatoms. The van der Waals surface area contributed by atoms with Crippen LogP contribution in [0, 0.1) is 0 Å². The highest BCUT2D eigenvalue weighted by Gasteiger charge is 2.08. The molecule has 0 amide bonds. The first-order valence-electron chi connectivity index (χ1n) is 6.98. The Hall–Kier alpha value is -2.30. The molecule has 5 nitrogen and oxygen atoms in total. The summed E-state index contributed by atoms with van der Waals surface area (Å²) in [6, 6.07) is 7.40. The van der Waals surface area contributed by atoms with E-state index in [9.17, 15) is 4.79 Å². The van der Waals surface area contributed by atoms with Gasteiger partial charge in [0.2, 0.25) is 0 Å². The van der Waals surface area contributed by atoms with Crippen LogP contribution >= 0.6 is 0 Å². The van der Waals surface area contributed by atoms with Gasteiger partial charge in [-0.15, -0.1) is 0 Å². The molecule has 112 valence electrons. The Bertz CT molecular complexity index is 607. The zero-order chi connectivity index (χ0) is 15.2. The number of ether oxygens (including phenoxy) is 2. The summed E-state index contributed by atoms with van der Waals surface area (Å²) in [6.07, 6.45) is 3.73. The first-order valence-corrected chi connectivity index (χ1v) is 6.98. The van der Waals surface area contributed by atoms with Gasteiger partial charge < -0.3 is 9.47 Å². The molecule has 0 aliphatic rings. The molecule has 1 heterocycles. The lowest BCUT2D eigenvalue weighted by Crippen LogP contribution is -2.06. The van der Waals surface area contributed by atoms with Crippen LogP contribution in [0.4, 0.5) is 0 Å². The molecular weight excluding hydrogens is 268 g/mol. The average Bonchev–Trinajstić information content (AvgIpc) is 3.00. The smallest absolute Gasteiger partial charge is 0.153 e. The molecule has 0 saturated heterocycles. The molecule has 0 spiro atoms. The fourth-order valence-electron chi connectivity index (χ4n) is 1.90. The molecule has 21 heavy (non-hydrogen) atoms. The zero-order valence-corrected chi connectivity index (χ0v) is 12.6. The number of hydrogen-bond donors (Lipinski definition) is 0. The van der Waals surface area contributed by atoms with E-state index in [2.05, 4.69) is 18.9 Å². The van der Waals surface area contributed by atoms with Crippen LogP contribution < -0.4 is 9.47 Å². The standard InChI is InChI=1S/C16H20N2O3/c1-4-12(2)18-8-7-14(17-18)11-21-16-9-15(20-3)6-5-13(16)10-19/h5-10,12H,4,11H2,1-3H3. The van der Waals surface area contributed by atoms with Gasteiger partial charge in [-0.2, -0.15) is 5.10 Å². The number of hydrogen-bond acceptors (Lipinski definition) is 4. The highest BCUT2D eigenvalue weighted by molar-refractivity contribution is 5.79. The van der Waals surface area contributed by atoms with Crippen molar-refractivity contribution >= 4 is 6.29 Å². The predicted molar refractivity (Wildman–Crippen MR) is 79.9 cm³/mol. The van der Waals surface area contributed by atoms with Gasteiger partial charge in [0.15, 0.2) is 6.29 Å². The molecule has 1 unspecified atom stereocenters. The van der Waals surface area contributed by atoms with Gasteiger partial charge in [0.05, 0.1) is 18.4 Å². The number of methoxy groups -OCH3 is 1. The van der Waals surface area contributed by atoms with E-state index in [0.29, 0.717) is 29.7 Å². The Kier molecular flexibility index (Phi) is 4.98.